The molecule has 0 aliphatic rings. The van der Waals surface area contributed by atoms with Crippen molar-refractivity contribution in [3.8, 4) is 0 Å². The second-order valence-corrected chi connectivity index (χ2v) is 8.21. The SMILES string of the molecule is CCCNc1nnc(S(=O)(=O)Cc2cc(=O)n3ccccc3n2)s1. The van der Waals surface area contributed by atoms with E-state index in [0.717, 1.165) is 17.8 Å². The third kappa shape index (κ3) is 3.44. The summed E-state index contributed by atoms with van der Waals surface area (Å²) in [6.45, 7) is 2.69. The highest BCUT2D eigenvalue weighted by atomic mass is 32.2. The number of sulfone groups is 1. The second-order valence-electron chi connectivity index (χ2n) is 5.07. The first-order chi connectivity index (χ1) is 11.5. The molecule has 8 nitrogen and oxygen atoms in total. The fourth-order valence-corrected chi connectivity index (χ4v) is 4.32. The Kier molecular flexibility index (Phi) is 4.58. The van der Waals surface area contributed by atoms with E-state index in [0.29, 0.717) is 17.3 Å². The third-order valence-corrected chi connectivity index (χ3v) is 6.14. The third-order valence-electron chi connectivity index (χ3n) is 3.16. The summed E-state index contributed by atoms with van der Waals surface area (Å²) in [5.74, 6) is -0.393. The molecule has 126 valence electrons. The van der Waals surface area contributed by atoms with Crippen LogP contribution in [0, 0.1) is 0 Å². The van der Waals surface area contributed by atoms with Crippen molar-refractivity contribution < 1.29 is 8.42 Å². The quantitative estimate of drug-likeness (QED) is 0.702. The minimum atomic E-state index is -3.71. The number of rotatable bonds is 6. The zero-order chi connectivity index (χ0) is 17.2. The lowest BCUT2D eigenvalue weighted by molar-refractivity contribution is 0.592. The number of hydrogen-bond donors (Lipinski definition) is 1. The molecule has 3 rings (SSSR count). The summed E-state index contributed by atoms with van der Waals surface area (Å²) in [6, 6.07) is 6.31. The van der Waals surface area contributed by atoms with Crippen LogP contribution in [-0.4, -0.2) is 34.5 Å². The van der Waals surface area contributed by atoms with Gasteiger partial charge in [-0.15, -0.1) is 10.2 Å². The van der Waals surface area contributed by atoms with Crippen LogP contribution in [0.15, 0.2) is 39.6 Å². The Morgan fingerprint density at radius 2 is 2.12 bits per heavy atom. The van der Waals surface area contributed by atoms with Crippen LogP contribution in [-0.2, 0) is 15.6 Å². The van der Waals surface area contributed by atoms with Crippen molar-refractivity contribution in [2.75, 3.05) is 11.9 Å². The minimum Gasteiger partial charge on any atom is -0.360 e. The molecule has 10 heteroatoms. The van der Waals surface area contributed by atoms with Gasteiger partial charge in [0.05, 0.1) is 11.4 Å². The second kappa shape index (κ2) is 6.65. The average molecular weight is 365 g/mol. The van der Waals surface area contributed by atoms with Crippen molar-refractivity contribution in [1.82, 2.24) is 19.6 Å². The number of aromatic nitrogens is 4. The molecule has 0 unspecified atom stereocenters. The monoisotopic (exact) mass is 365 g/mol. The van der Waals surface area contributed by atoms with Crippen molar-refractivity contribution >= 4 is 32.0 Å². The van der Waals surface area contributed by atoms with Crippen molar-refractivity contribution in [3.05, 3.63) is 46.5 Å². The van der Waals surface area contributed by atoms with E-state index in [2.05, 4.69) is 20.5 Å². The minimum absolute atomic E-state index is 0.0869. The fraction of sp³-hybridized carbons (Fsp3) is 0.286. The highest BCUT2D eigenvalue weighted by molar-refractivity contribution is 7.92. The zero-order valence-corrected chi connectivity index (χ0v) is 14.5. The predicted octanol–water partition coefficient (Wildman–Crippen LogP) is 1.34. The zero-order valence-electron chi connectivity index (χ0n) is 12.8. The van der Waals surface area contributed by atoms with E-state index in [1.807, 2.05) is 6.92 Å². The topological polar surface area (TPSA) is 106 Å². The van der Waals surface area contributed by atoms with Gasteiger partial charge in [-0.3, -0.25) is 9.20 Å². The Morgan fingerprint density at radius 1 is 1.29 bits per heavy atom. The van der Waals surface area contributed by atoms with E-state index in [-0.39, 0.29) is 15.6 Å². The fourth-order valence-electron chi connectivity index (χ4n) is 2.07. The Morgan fingerprint density at radius 3 is 2.92 bits per heavy atom. The van der Waals surface area contributed by atoms with Crippen molar-refractivity contribution in [3.63, 3.8) is 0 Å². The molecule has 24 heavy (non-hydrogen) atoms. The Hall–Kier alpha value is -2.33. The summed E-state index contributed by atoms with van der Waals surface area (Å²) in [6.07, 6.45) is 2.48. The predicted molar refractivity (Wildman–Crippen MR) is 91.0 cm³/mol. The normalized spacial score (nSPS) is 11.7. The van der Waals surface area contributed by atoms with Gasteiger partial charge in [-0.25, -0.2) is 13.4 Å². The van der Waals surface area contributed by atoms with Gasteiger partial charge in [-0.2, -0.15) is 0 Å². The van der Waals surface area contributed by atoms with Crippen LogP contribution in [0.2, 0.25) is 0 Å². The van der Waals surface area contributed by atoms with E-state index in [4.69, 9.17) is 0 Å². The lowest BCUT2D eigenvalue weighted by atomic mass is 10.4. The number of nitrogens with zero attached hydrogens (tertiary/aromatic N) is 4. The summed E-state index contributed by atoms with van der Waals surface area (Å²) in [5, 5.41) is 11.0. The van der Waals surface area contributed by atoms with Crippen LogP contribution < -0.4 is 10.9 Å². The van der Waals surface area contributed by atoms with Crippen LogP contribution in [0.25, 0.3) is 5.65 Å². The van der Waals surface area contributed by atoms with Crippen molar-refractivity contribution in [1.29, 1.82) is 0 Å². The van der Waals surface area contributed by atoms with E-state index in [9.17, 15) is 13.2 Å². The summed E-state index contributed by atoms with van der Waals surface area (Å²) >= 11 is 0.974. The number of pyridine rings is 1. The first-order valence-electron chi connectivity index (χ1n) is 7.27. The van der Waals surface area contributed by atoms with Gasteiger partial charge < -0.3 is 5.32 Å². The molecule has 0 atom stereocenters. The molecule has 0 spiro atoms. The highest BCUT2D eigenvalue weighted by Gasteiger charge is 2.22. The summed E-state index contributed by atoms with van der Waals surface area (Å²) < 4.78 is 26.2. The molecule has 1 N–H and O–H groups in total. The maximum absolute atomic E-state index is 12.5. The molecule has 0 amide bonds. The molecule has 0 saturated carbocycles. The average Bonchev–Trinajstić information content (AvgIpc) is 3.02. The van der Waals surface area contributed by atoms with Gasteiger partial charge in [0.2, 0.25) is 19.3 Å². The maximum atomic E-state index is 12.5. The first-order valence-corrected chi connectivity index (χ1v) is 9.74. The highest BCUT2D eigenvalue weighted by Crippen LogP contribution is 2.22. The number of anilines is 1. The maximum Gasteiger partial charge on any atom is 0.258 e. The summed E-state index contributed by atoms with van der Waals surface area (Å²) in [5.41, 5.74) is 0.260. The molecule has 0 radical (unpaired) electrons. The van der Waals surface area contributed by atoms with E-state index in [1.54, 1.807) is 24.4 Å². The van der Waals surface area contributed by atoms with E-state index < -0.39 is 15.6 Å². The van der Waals surface area contributed by atoms with Crippen LogP contribution in [0.5, 0.6) is 0 Å². The standard InChI is InChI=1S/C14H15N5O3S2/c1-2-6-15-13-17-18-14(23-13)24(21,22)9-10-8-12(20)19-7-4-3-5-11(19)16-10/h3-5,7-8H,2,6,9H2,1H3,(H,15,17). The largest absolute Gasteiger partial charge is 0.360 e. The Bertz CT molecular complexity index is 1030. The smallest absolute Gasteiger partial charge is 0.258 e. The van der Waals surface area contributed by atoms with E-state index >= 15 is 0 Å². The van der Waals surface area contributed by atoms with Gasteiger partial charge in [0.1, 0.15) is 5.65 Å². The first kappa shape index (κ1) is 16.5. The molecular formula is C14H15N5O3S2. The van der Waals surface area contributed by atoms with Gasteiger partial charge in [0.25, 0.3) is 5.56 Å². The molecular weight excluding hydrogens is 350 g/mol. The van der Waals surface area contributed by atoms with Crippen molar-refractivity contribution in [2.45, 2.75) is 23.4 Å². The van der Waals surface area contributed by atoms with E-state index in [1.165, 1.54) is 10.5 Å². The van der Waals surface area contributed by atoms with Crippen LogP contribution in [0.3, 0.4) is 0 Å². The molecule has 3 aromatic heterocycles. The van der Waals surface area contributed by atoms with Gasteiger partial charge >= 0.3 is 0 Å². The van der Waals surface area contributed by atoms with Crippen LogP contribution in [0.1, 0.15) is 19.0 Å². The molecule has 0 fully saturated rings. The summed E-state index contributed by atoms with van der Waals surface area (Å²) in [4.78, 5) is 16.3. The van der Waals surface area contributed by atoms with Crippen molar-refractivity contribution in [2.24, 2.45) is 0 Å². The lowest BCUT2D eigenvalue weighted by Crippen LogP contribution is -2.17. The number of hydrogen-bond acceptors (Lipinski definition) is 8. The molecule has 0 aliphatic carbocycles. The molecule has 0 bridgehead atoms. The molecule has 0 aromatic carbocycles. The lowest BCUT2D eigenvalue weighted by Gasteiger charge is -2.03. The molecule has 3 aromatic rings. The van der Waals surface area contributed by atoms with Crippen LogP contribution >= 0.6 is 11.3 Å². The Balaban J connectivity index is 1.89. The molecule has 0 saturated heterocycles. The molecule has 3 heterocycles. The van der Waals surface area contributed by atoms with Gasteiger partial charge in [-0.1, -0.05) is 24.3 Å². The van der Waals surface area contributed by atoms with Crippen LogP contribution in [0.4, 0.5) is 5.13 Å². The van der Waals surface area contributed by atoms with Gasteiger partial charge in [0, 0.05) is 18.8 Å². The van der Waals surface area contributed by atoms with Gasteiger partial charge in [0.15, 0.2) is 0 Å². The summed E-state index contributed by atoms with van der Waals surface area (Å²) in [7, 11) is -3.71. The number of fused-ring (bicyclic) bond motifs is 1. The number of nitrogens with one attached hydrogen (secondary N) is 1. The van der Waals surface area contributed by atoms with Gasteiger partial charge in [-0.05, 0) is 18.6 Å². The molecule has 0 aliphatic heterocycles. The Labute approximate surface area is 142 Å².